The van der Waals surface area contributed by atoms with Gasteiger partial charge in [-0.15, -0.1) is 0 Å². The lowest BCUT2D eigenvalue weighted by atomic mass is 9.85. The van der Waals surface area contributed by atoms with Gasteiger partial charge in [0.25, 0.3) is 0 Å². The van der Waals surface area contributed by atoms with E-state index in [1.165, 1.54) is 0 Å². The number of hydrogen-bond acceptors (Lipinski definition) is 4. The average Bonchev–Trinajstić information content (AvgIpc) is 2.98. The Bertz CT molecular complexity index is 844. The van der Waals surface area contributed by atoms with E-state index in [4.69, 9.17) is 10.7 Å². The van der Waals surface area contributed by atoms with Crippen LogP contribution in [0.2, 0.25) is 0 Å². The van der Waals surface area contributed by atoms with E-state index in [0.717, 1.165) is 47.4 Å². The van der Waals surface area contributed by atoms with Crippen LogP contribution in [0.5, 0.6) is 0 Å². The lowest BCUT2D eigenvalue weighted by Gasteiger charge is -2.30. The van der Waals surface area contributed by atoms with Gasteiger partial charge in [0.2, 0.25) is 0 Å². The summed E-state index contributed by atoms with van der Waals surface area (Å²) in [7, 11) is 0. The van der Waals surface area contributed by atoms with Gasteiger partial charge in [-0.05, 0) is 36.8 Å². The van der Waals surface area contributed by atoms with Crippen LogP contribution in [-0.4, -0.2) is 35.3 Å². The van der Waals surface area contributed by atoms with E-state index in [1.807, 2.05) is 12.1 Å². The number of carbonyl (C=O) groups is 1. The van der Waals surface area contributed by atoms with Crippen LogP contribution < -0.4 is 16.0 Å². The molecule has 1 saturated heterocycles. The highest BCUT2D eigenvalue weighted by molar-refractivity contribution is 5.85. The molecule has 1 amide bonds. The number of hydrogen-bond donors (Lipinski definition) is 3. The molecular weight excluding hydrogens is 340 g/mol. The van der Waals surface area contributed by atoms with Gasteiger partial charge in [-0.25, -0.2) is 9.78 Å². The Morgan fingerprint density at radius 1 is 1.44 bits per heavy atom. The third-order valence-corrected chi connectivity index (χ3v) is 5.07. The first-order chi connectivity index (χ1) is 12.6. The molecule has 27 heavy (non-hydrogen) atoms. The van der Waals surface area contributed by atoms with Gasteiger partial charge in [0.1, 0.15) is 5.82 Å². The lowest BCUT2D eigenvalue weighted by Crippen LogP contribution is -2.33. The minimum absolute atomic E-state index is 0.0344. The van der Waals surface area contributed by atoms with Crippen molar-refractivity contribution in [2.24, 2.45) is 11.1 Å². The molecular formula is C21H30N4O2. The van der Waals surface area contributed by atoms with Gasteiger partial charge < -0.3 is 21.1 Å². The van der Waals surface area contributed by atoms with Crippen LogP contribution in [0.1, 0.15) is 50.8 Å². The number of benzene rings is 1. The second kappa shape index (κ2) is 7.35. The van der Waals surface area contributed by atoms with E-state index in [9.17, 15) is 9.90 Å². The van der Waals surface area contributed by atoms with E-state index in [1.54, 1.807) is 0 Å². The molecule has 1 aliphatic heterocycles. The van der Waals surface area contributed by atoms with Crippen molar-refractivity contribution >= 4 is 22.8 Å². The van der Waals surface area contributed by atoms with Crippen molar-refractivity contribution in [3.63, 3.8) is 0 Å². The molecule has 1 aromatic carbocycles. The van der Waals surface area contributed by atoms with Gasteiger partial charge in [-0.3, -0.25) is 0 Å². The molecule has 2 unspecified atom stereocenters. The molecule has 1 aliphatic rings. The maximum absolute atomic E-state index is 11.5. The smallest absolute Gasteiger partial charge is 0.405 e. The van der Waals surface area contributed by atoms with E-state index in [-0.39, 0.29) is 17.5 Å². The Hall–Kier alpha value is -2.34. The normalized spacial score (nSPS) is 18.7. The lowest BCUT2D eigenvalue weighted by molar-refractivity contribution is 0.185. The minimum atomic E-state index is -1.02. The fourth-order valence-corrected chi connectivity index (χ4v) is 3.84. The first kappa shape index (κ1) is 19.4. The molecule has 0 radical (unpaired) electrons. The fraction of sp³-hybridized carbons (Fsp3) is 0.524. The third-order valence-electron chi connectivity index (χ3n) is 5.07. The van der Waals surface area contributed by atoms with Crippen molar-refractivity contribution in [3.05, 3.63) is 35.4 Å². The average molecular weight is 370 g/mol. The predicted octanol–water partition coefficient (Wildman–Crippen LogP) is 3.83. The summed E-state index contributed by atoms with van der Waals surface area (Å²) in [5.41, 5.74) is 9.10. The molecule has 0 bridgehead atoms. The van der Waals surface area contributed by atoms with Crippen LogP contribution in [-0.2, 0) is 0 Å². The molecule has 0 spiro atoms. The molecule has 146 valence electrons. The van der Waals surface area contributed by atoms with Crippen molar-refractivity contribution in [1.29, 1.82) is 0 Å². The van der Waals surface area contributed by atoms with Crippen LogP contribution >= 0.6 is 0 Å². The number of rotatable bonds is 4. The van der Waals surface area contributed by atoms with Crippen LogP contribution in [0.4, 0.5) is 10.6 Å². The molecule has 2 aromatic rings. The second-order valence-electron chi connectivity index (χ2n) is 8.81. The number of amides is 1. The van der Waals surface area contributed by atoms with Crippen LogP contribution in [0.25, 0.3) is 10.9 Å². The van der Waals surface area contributed by atoms with E-state index in [2.05, 4.69) is 50.0 Å². The minimum Gasteiger partial charge on any atom is -0.465 e. The summed E-state index contributed by atoms with van der Waals surface area (Å²) in [6, 6.07) is 8.00. The number of nitrogens with one attached hydrogen (secondary N) is 1. The Morgan fingerprint density at radius 2 is 2.19 bits per heavy atom. The van der Waals surface area contributed by atoms with Gasteiger partial charge in [0, 0.05) is 30.1 Å². The van der Waals surface area contributed by atoms with Crippen LogP contribution in [0.3, 0.4) is 0 Å². The molecule has 3 rings (SSSR count). The molecule has 1 aromatic heterocycles. The number of carboxylic acid groups (broad SMARTS) is 1. The number of pyridine rings is 1. The van der Waals surface area contributed by atoms with Gasteiger partial charge >= 0.3 is 6.09 Å². The van der Waals surface area contributed by atoms with Crippen LogP contribution in [0.15, 0.2) is 24.3 Å². The van der Waals surface area contributed by atoms with Gasteiger partial charge in [0.05, 0.1) is 11.6 Å². The molecule has 2 atom stereocenters. The Balaban J connectivity index is 2.16. The number of nitrogens with two attached hydrogens (primary N) is 1. The Morgan fingerprint density at radius 3 is 2.78 bits per heavy atom. The third kappa shape index (κ3) is 4.50. The Kier molecular flexibility index (Phi) is 5.29. The second-order valence-corrected chi connectivity index (χ2v) is 8.81. The van der Waals surface area contributed by atoms with Gasteiger partial charge in [0.15, 0.2) is 0 Å². The summed E-state index contributed by atoms with van der Waals surface area (Å²) in [5, 5.41) is 13.2. The number of fused-ring (bicyclic) bond motifs is 1. The highest BCUT2D eigenvalue weighted by Gasteiger charge is 2.29. The molecule has 6 nitrogen and oxygen atoms in total. The fourth-order valence-electron chi connectivity index (χ4n) is 3.84. The molecule has 1 fully saturated rings. The van der Waals surface area contributed by atoms with Crippen molar-refractivity contribution in [2.75, 3.05) is 18.0 Å². The van der Waals surface area contributed by atoms with Crippen molar-refractivity contribution in [1.82, 2.24) is 10.3 Å². The molecule has 2 heterocycles. The summed E-state index contributed by atoms with van der Waals surface area (Å²) < 4.78 is 0. The zero-order valence-corrected chi connectivity index (χ0v) is 16.6. The van der Waals surface area contributed by atoms with E-state index >= 15 is 0 Å². The van der Waals surface area contributed by atoms with E-state index < -0.39 is 6.09 Å². The maximum Gasteiger partial charge on any atom is 0.405 e. The Labute approximate surface area is 160 Å². The van der Waals surface area contributed by atoms with Gasteiger partial charge in [-0.2, -0.15) is 0 Å². The highest BCUT2D eigenvalue weighted by Crippen LogP contribution is 2.37. The van der Waals surface area contributed by atoms with Crippen molar-refractivity contribution in [3.8, 4) is 0 Å². The molecule has 0 aliphatic carbocycles. The number of nitrogens with zero attached hydrogens (tertiary/aromatic N) is 2. The van der Waals surface area contributed by atoms with Crippen LogP contribution in [0, 0.1) is 12.3 Å². The predicted molar refractivity (Wildman–Crippen MR) is 109 cm³/mol. The first-order valence-electron chi connectivity index (χ1n) is 9.54. The number of aryl methyl sites for hydroxylation is 1. The zero-order valence-electron chi connectivity index (χ0n) is 16.6. The molecule has 0 saturated carbocycles. The first-order valence-corrected chi connectivity index (χ1v) is 9.54. The van der Waals surface area contributed by atoms with Gasteiger partial charge in [-0.1, -0.05) is 39.0 Å². The largest absolute Gasteiger partial charge is 0.465 e. The van der Waals surface area contributed by atoms with Crippen molar-refractivity contribution in [2.45, 2.75) is 52.6 Å². The standard InChI is InChI=1S/C21H30N4O2/c1-13-6-5-7-14-10-16(17(23-20(26)27)11-21(2,3)4)19(24-18(13)14)25-9-8-15(22)12-25/h5-7,10,15,17,23H,8-9,11-12,22H2,1-4H3,(H,26,27). The van der Waals surface area contributed by atoms with E-state index in [0.29, 0.717) is 6.42 Å². The molecule has 6 heteroatoms. The van der Waals surface area contributed by atoms with Crippen molar-refractivity contribution < 1.29 is 9.90 Å². The summed E-state index contributed by atoms with van der Waals surface area (Å²) in [5.74, 6) is 0.854. The highest BCUT2D eigenvalue weighted by atomic mass is 16.4. The summed E-state index contributed by atoms with van der Waals surface area (Å²) >= 11 is 0. The SMILES string of the molecule is Cc1cccc2cc(C(CC(C)(C)C)NC(=O)O)c(N3CCC(N)C3)nc12. The summed E-state index contributed by atoms with van der Waals surface area (Å²) in [6.07, 6.45) is 0.590. The quantitative estimate of drug-likeness (QED) is 0.761. The molecule has 4 N–H and O–H groups in total. The topological polar surface area (TPSA) is 91.5 Å². The maximum atomic E-state index is 11.5. The summed E-state index contributed by atoms with van der Waals surface area (Å²) in [4.78, 5) is 18.7. The zero-order chi connectivity index (χ0) is 19.8. The summed E-state index contributed by atoms with van der Waals surface area (Å²) in [6.45, 7) is 9.99. The number of anilines is 1. The number of aromatic nitrogens is 1. The number of para-hydroxylation sites is 1. The monoisotopic (exact) mass is 370 g/mol.